The predicted octanol–water partition coefficient (Wildman–Crippen LogP) is 6.75. The average molecular weight is 395 g/mol. The zero-order valence-corrected chi connectivity index (χ0v) is 16.1. The van der Waals surface area contributed by atoms with Crippen molar-refractivity contribution >= 4 is 40.1 Å². The second kappa shape index (κ2) is 7.08. The minimum Gasteiger partial charge on any atom is -0.384 e. The molecule has 0 atom stereocenters. The molecule has 0 radical (unpaired) electrons. The lowest BCUT2D eigenvalue weighted by Crippen LogP contribution is -2.10. The highest BCUT2D eigenvalue weighted by molar-refractivity contribution is 7.25. The first-order valence-corrected chi connectivity index (χ1v) is 10.0. The third-order valence-electron chi connectivity index (χ3n) is 4.06. The van der Waals surface area contributed by atoms with Crippen LogP contribution >= 0.6 is 34.3 Å². The summed E-state index contributed by atoms with van der Waals surface area (Å²) in [5, 5.41) is 8.24. The van der Waals surface area contributed by atoms with E-state index in [1.54, 1.807) is 22.7 Å². The molecule has 0 saturated heterocycles. The molecule has 2 aromatic heterocycles. The van der Waals surface area contributed by atoms with Gasteiger partial charge in [0.1, 0.15) is 5.84 Å². The van der Waals surface area contributed by atoms with E-state index in [1.165, 1.54) is 25.1 Å². The van der Waals surface area contributed by atoms with Gasteiger partial charge in [-0.25, -0.2) is 0 Å². The Kier molecular flexibility index (Phi) is 4.64. The van der Waals surface area contributed by atoms with Gasteiger partial charge >= 0.3 is 0 Å². The molecular weight excluding hydrogens is 380 g/mol. The van der Waals surface area contributed by atoms with Gasteiger partial charge in [0.25, 0.3) is 0 Å². The molecular formula is C21H15ClN2S2. The van der Waals surface area contributed by atoms with Crippen LogP contribution in [0.5, 0.6) is 0 Å². The first kappa shape index (κ1) is 17.0. The van der Waals surface area contributed by atoms with Crippen molar-refractivity contribution in [2.24, 2.45) is 5.73 Å². The number of benzene rings is 2. The van der Waals surface area contributed by atoms with Gasteiger partial charge in [0.2, 0.25) is 0 Å². The van der Waals surface area contributed by atoms with Crippen molar-refractivity contribution in [3.8, 4) is 30.6 Å². The van der Waals surface area contributed by atoms with Gasteiger partial charge in [-0.2, -0.15) is 0 Å². The first-order valence-electron chi connectivity index (χ1n) is 8.01. The van der Waals surface area contributed by atoms with Crippen LogP contribution < -0.4 is 5.73 Å². The Labute approximate surface area is 165 Å². The van der Waals surface area contributed by atoms with Gasteiger partial charge in [0.15, 0.2) is 0 Å². The molecule has 0 unspecified atom stereocenters. The molecule has 0 saturated carbocycles. The van der Waals surface area contributed by atoms with E-state index >= 15 is 0 Å². The second-order valence-corrected chi connectivity index (χ2v) is 8.43. The summed E-state index contributed by atoms with van der Waals surface area (Å²) < 4.78 is 0. The number of hydrogen-bond donors (Lipinski definition) is 2. The summed E-state index contributed by atoms with van der Waals surface area (Å²) in [6.07, 6.45) is 0. The van der Waals surface area contributed by atoms with E-state index in [0.29, 0.717) is 0 Å². The summed E-state index contributed by atoms with van der Waals surface area (Å²) in [5.41, 5.74) is 8.59. The molecule has 0 bridgehead atoms. The summed E-state index contributed by atoms with van der Waals surface area (Å²) in [7, 11) is 0. The van der Waals surface area contributed by atoms with Crippen molar-refractivity contribution < 1.29 is 0 Å². The van der Waals surface area contributed by atoms with Crippen molar-refractivity contribution in [3.05, 3.63) is 83.4 Å². The lowest BCUT2D eigenvalue weighted by atomic mass is 10.1. The number of halogens is 1. The monoisotopic (exact) mass is 394 g/mol. The fraction of sp³-hybridized carbons (Fsp3) is 0. The van der Waals surface area contributed by atoms with E-state index in [-0.39, 0.29) is 5.84 Å². The molecule has 2 heterocycles. The molecule has 4 aromatic rings. The number of nitrogen functional groups attached to an aromatic ring is 1. The van der Waals surface area contributed by atoms with Crippen LogP contribution in [0.3, 0.4) is 0 Å². The molecule has 0 aliphatic carbocycles. The van der Waals surface area contributed by atoms with Crippen molar-refractivity contribution in [1.29, 1.82) is 5.41 Å². The highest BCUT2D eigenvalue weighted by Crippen LogP contribution is 2.40. The van der Waals surface area contributed by atoms with Gasteiger partial charge in [-0.1, -0.05) is 48.0 Å². The summed E-state index contributed by atoms with van der Waals surface area (Å²) >= 11 is 9.53. The standard InChI is InChI=1S/C21H15ClN2S2/c22-16-7-5-14(6-8-16)18-10-12-20(26-18)19-11-9-17(25-19)13-1-3-15(4-2-13)21(23)24/h1-12H,(H3,23,24). The molecule has 0 amide bonds. The Morgan fingerprint density at radius 1 is 0.654 bits per heavy atom. The van der Waals surface area contributed by atoms with Crippen molar-refractivity contribution in [2.45, 2.75) is 0 Å². The van der Waals surface area contributed by atoms with E-state index < -0.39 is 0 Å². The Morgan fingerprint density at radius 3 is 1.54 bits per heavy atom. The molecule has 128 valence electrons. The van der Waals surface area contributed by atoms with Crippen LogP contribution in [0.25, 0.3) is 30.6 Å². The minimum absolute atomic E-state index is 0.0942. The number of nitrogens with one attached hydrogen (secondary N) is 1. The highest BCUT2D eigenvalue weighted by atomic mass is 35.5. The zero-order valence-electron chi connectivity index (χ0n) is 13.7. The number of thiophene rings is 2. The number of amidine groups is 1. The van der Waals surface area contributed by atoms with Gasteiger partial charge in [0.05, 0.1) is 0 Å². The fourth-order valence-electron chi connectivity index (χ4n) is 2.68. The van der Waals surface area contributed by atoms with Gasteiger partial charge in [-0.05, 0) is 47.5 Å². The van der Waals surface area contributed by atoms with E-state index in [2.05, 4.69) is 24.3 Å². The number of hydrogen-bond acceptors (Lipinski definition) is 3. The lowest BCUT2D eigenvalue weighted by Gasteiger charge is -2.00. The van der Waals surface area contributed by atoms with Gasteiger partial charge in [-0.15, -0.1) is 22.7 Å². The van der Waals surface area contributed by atoms with Crippen LogP contribution in [0.1, 0.15) is 5.56 Å². The molecule has 2 aromatic carbocycles. The molecule has 0 aliphatic rings. The van der Waals surface area contributed by atoms with E-state index in [1.807, 2.05) is 48.5 Å². The Balaban J connectivity index is 1.60. The Bertz CT molecular complexity index is 1060. The molecule has 0 aliphatic heterocycles. The van der Waals surface area contributed by atoms with Gasteiger partial charge in [-0.3, -0.25) is 5.41 Å². The van der Waals surface area contributed by atoms with Crippen molar-refractivity contribution in [3.63, 3.8) is 0 Å². The smallest absolute Gasteiger partial charge is 0.122 e. The third kappa shape index (κ3) is 3.44. The van der Waals surface area contributed by atoms with E-state index in [4.69, 9.17) is 22.7 Å². The van der Waals surface area contributed by atoms with Crippen LogP contribution in [0.4, 0.5) is 0 Å². The molecule has 4 rings (SSSR count). The average Bonchev–Trinajstić information content (AvgIpc) is 3.32. The summed E-state index contributed by atoms with van der Waals surface area (Å²) in [5.74, 6) is 0.0942. The largest absolute Gasteiger partial charge is 0.384 e. The number of nitrogens with two attached hydrogens (primary N) is 1. The molecule has 5 heteroatoms. The van der Waals surface area contributed by atoms with Crippen molar-refractivity contribution in [2.75, 3.05) is 0 Å². The van der Waals surface area contributed by atoms with E-state index in [9.17, 15) is 0 Å². The van der Waals surface area contributed by atoms with Crippen LogP contribution in [0, 0.1) is 5.41 Å². The minimum atomic E-state index is 0.0942. The topological polar surface area (TPSA) is 49.9 Å². The third-order valence-corrected chi connectivity index (χ3v) is 6.78. The SMILES string of the molecule is N=C(N)c1ccc(-c2ccc(-c3ccc(-c4ccc(Cl)cc4)s3)s2)cc1. The predicted molar refractivity (Wildman–Crippen MR) is 115 cm³/mol. The maximum absolute atomic E-state index is 7.49. The maximum atomic E-state index is 7.49. The second-order valence-electron chi connectivity index (χ2n) is 5.83. The van der Waals surface area contributed by atoms with Crippen LogP contribution in [-0.2, 0) is 0 Å². The molecule has 2 nitrogen and oxygen atoms in total. The van der Waals surface area contributed by atoms with Crippen molar-refractivity contribution in [1.82, 2.24) is 0 Å². The summed E-state index contributed by atoms with van der Waals surface area (Å²) in [4.78, 5) is 4.95. The zero-order chi connectivity index (χ0) is 18.1. The maximum Gasteiger partial charge on any atom is 0.122 e. The van der Waals surface area contributed by atoms with Crippen LogP contribution in [0.2, 0.25) is 5.02 Å². The van der Waals surface area contributed by atoms with Gasteiger partial charge in [0, 0.05) is 30.1 Å². The van der Waals surface area contributed by atoms with E-state index in [0.717, 1.165) is 16.1 Å². The Hall–Kier alpha value is -2.40. The fourth-order valence-corrected chi connectivity index (χ4v) is 4.92. The highest BCUT2D eigenvalue weighted by Gasteiger charge is 2.09. The number of rotatable bonds is 4. The van der Waals surface area contributed by atoms with Crippen LogP contribution in [-0.4, -0.2) is 5.84 Å². The molecule has 0 fully saturated rings. The quantitative estimate of drug-likeness (QED) is 0.292. The normalized spacial score (nSPS) is 10.8. The molecule has 0 spiro atoms. The molecule has 3 N–H and O–H groups in total. The first-order chi connectivity index (χ1) is 12.6. The summed E-state index contributed by atoms with van der Waals surface area (Å²) in [6, 6.07) is 24.4. The van der Waals surface area contributed by atoms with Crippen LogP contribution in [0.15, 0.2) is 72.8 Å². The Morgan fingerprint density at radius 2 is 1.08 bits per heavy atom. The molecule has 26 heavy (non-hydrogen) atoms. The summed E-state index contributed by atoms with van der Waals surface area (Å²) in [6.45, 7) is 0. The van der Waals surface area contributed by atoms with Gasteiger partial charge < -0.3 is 5.73 Å². The lowest BCUT2D eigenvalue weighted by molar-refractivity contribution is 1.43.